The molecule has 2 aromatic rings. The number of amides is 2. The summed E-state index contributed by atoms with van der Waals surface area (Å²) in [5.74, 6) is 0. The van der Waals surface area contributed by atoms with Crippen LogP contribution in [0.15, 0.2) is 34.5 Å². The molecule has 7 nitrogen and oxygen atoms in total. The van der Waals surface area contributed by atoms with E-state index in [1.165, 1.54) is 6.07 Å². The van der Waals surface area contributed by atoms with E-state index in [0.717, 1.165) is 10.7 Å². The first kappa shape index (κ1) is 23.3. The highest BCUT2D eigenvalue weighted by Crippen LogP contribution is 2.25. The van der Waals surface area contributed by atoms with Crippen LogP contribution < -0.4 is 15.4 Å². The monoisotopic (exact) mass is 438 g/mol. The minimum Gasteiger partial charge on any atom is -0.334 e. The van der Waals surface area contributed by atoms with Crippen LogP contribution in [0.2, 0.25) is 0 Å². The third-order valence-corrected chi connectivity index (χ3v) is 6.94. The molecule has 2 rings (SSSR count). The first-order valence-corrected chi connectivity index (χ1v) is 11.7. The molecule has 0 spiro atoms. The van der Waals surface area contributed by atoms with Crippen molar-refractivity contribution in [3.05, 3.63) is 45.9 Å². The molecule has 0 aliphatic rings. The second-order valence-corrected chi connectivity index (χ2v) is 11.4. The van der Waals surface area contributed by atoms with Gasteiger partial charge in [0.15, 0.2) is 0 Å². The second kappa shape index (κ2) is 8.81. The van der Waals surface area contributed by atoms with Crippen molar-refractivity contribution in [2.45, 2.75) is 70.5 Å². The standard InChI is InChI=1S/C20H30N4O3S2/c1-19(2,3)17-23-15(13-28-17)12-22-18(25)21-11-14-9-7-8-10-16(14)29(26,27)24-20(4,5)6/h7-10,13,24H,11-12H2,1-6H3,(H2,21,22,25). The van der Waals surface area contributed by atoms with Gasteiger partial charge < -0.3 is 10.6 Å². The van der Waals surface area contributed by atoms with Gasteiger partial charge >= 0.3 is 6.03 Å². The van der Waals surface area contributed by atoms with E-state index in [1.54, 1.807) is 50.3 Å². The Hall–Kier alpha value is -1.97. The highest BCUT2D eigenvalue weighted by Gasteiger charge is 2.24. The summed E-state index contributed by atoms with van der Waals surface area (Å²) in [5.41, 5.74) is 0.688. The fourth-order valence-electron chi connectivity index (χ4n) is 2.51. The van der Waals surface area contributed by atoms with Crippen LogP contribution in [0.1, 0.15) is 57.8 Å². The van der Waals surface area contributed by atoms with E-state index in [9.17, 15) is 13.2 Å². The lowest BCUT2D eigenvalue weighted by atomic mass is 9.98. The number of hydrogen-bond donors (Lipinski definition) is 3. The van der Waals surface area contributed by atoms with Crippen LogP contribution in [0, 0.1) is 0 Å². The van der Waals surface area contributed by atoms with Gasteiger partial charge in [-0.25, -0.2) is 22.9 Å². The van der Waals surface area contributed by atoms with Gasteiger partial charge in [-0.1, -0.05) is 39.0 Å². The van der Waals surface area contributed by atoms with Gasteiger partial charge in [-0.2, -0.15) is 0 Å². The molecule has 29 heavy (non-hydrogen) atoms. The molecule has 3 N–H and O–H groups in total. The lowest BCUT2D eigenvalue weighted by Crippen LogP contribution is -2.41. The lowest BCUT2D eigenvalue weighted by Gasteiger charge is -2.21. The van der Waals surface area contributed by atoms with E-state index in [4.69, 9.17) is 0 Å². The van der Waals surface area contributed by atoms with Gasteiger partial charge in [0.1, 0.15) is 0 Å². The first-order valence-electron chi connectivity index (χ1n) is 9.36. The molecule has 2 amide bonds. The molecule has 9 heteroatoms. The molecule has 0 unspecified atom stereocenters. The van der Waals surface area contributed by atoms with Crippen LogP contribution in [-0.2, 0) is 28.5 Å². The zero-order valence-corrected chi connectivity index (χ0v) is 19.4. The Kier molecular flexibility index (Phi) is 7.08. The maximum Gasteiger partial charge on any atom is 0.315 e. The van der Waals surface area contributed by atoms with Crippen molar-refractivity contribution in [2.24, 2.45) is 0 Å². The molecule has 0 saturated heterocycles. The molecule has 0 radical (unpaired) electrons. The zero-order valence-electron chi connectivity index (χ0n) is 17.8. The summed E-state index contributed by atoms with van der Waals surface area (Å²) in [4.78, 5) is 16.9. The summed E-state index contributed by atoms with van der Waals surface area (Å²) in [7, 11) is -3.69. The largest absolute Gasteiger partial charge is 0.334 e. The van der Waals surface area contributed by atoms with Crippen LogP contribution >= 0.6 is 11.3 Å². The van der Waals surface area contributed by atoms with Crippen molar-refractivity contribution in [1.82, 2.24) is 20.3 Å². The number of nitrogens with one attached hydrogen (secondary N) is 3. The third kappa shape index (κ3) is 7.09. The van der Waals surface area contributed by atoms with Crippen molar-refractivity contribution in [3.63, 3.8) is 0 Å². The Morgan fingerprint density at radius 1 is 1.03 bits per heavy atom. The van der Waals surface area contributed by atoms with Crippen LogP contribution in [0.3, 0.4) is 0 Å². The Bertz CT molecular complexity index is 955. The summed E-state index contributed by atoms with van der Waals surface area (Å²) in [5, 5.41) is 8.42. The number of benzene rings is 1. The van der Waals surface area contributed by atoms with E-state index in [0.29, 0.717) is 12.1 Å². The molecular weight excluding hydrogens is 408 g/mol. The van der Waals surface area contributed by atoms with E-state index in [-0.39, 0.29) is 22.9 Å². The van der Waals surface area contributed by atoms with E-state index in [2.05, 4.69) is 41.1 Å². The number of sulfonamides is 1. The number of thiazole rings is 1. The topological polar surface area (TPSA) is 100 Å². The molecule has 1 aromatic heterocycles. The minimum atomic E-state index is -3.69. The van der Waals surface area contributed by atoms with Crippen LogP contribution in [0.4, 0.5) is 4.79 Å². The third-order valence-electron chi connectivity index (χ3n) is 3.77. The number of nitrogens with zero attached hydrogens (tertiary/aromatic N) is 1. The lowest BCUT2D eigenvalue weighted by molar-refractivity contribution is 0.240. The van der Waals surface area contributed by atoms with Gasteiger partial charge in [0.05, 0.1) is 22.1 Å². The molecule has 1 heterocycles. The number of aromatic nitrogens is 1. The molecular formula is C20H30N4O3S2. The Morgan fingerprint density at radius 3 is 2.24 bits per heavy atom. The van der Waals surface area contributed by atoms with Crippen molar-refractivity contribution >= 4 is 27.4 Å². The predicted molar refractivity (Wildman–Crippen MR) is 116 cm³/mol. The van der Waals surface area contributed by atoms with Gasteiger partial charge in [-0.3, -0.25) is 0 Å². The van der Waals surface area contributed by atoms with Crippen LogP contribution in [-0.4, -0.2) is 25.0 Å². The molecule has 0 saturated carbocycles. The predicted octanol–water partition coefficient (Wildman–Crippen LogP) is 3.52. The van der Waals surface area contributed by atoms with Gasteiger partial charge in [0.25, 0.3) is 0 Å². The van der Waals surface area contributed by atoms with Gasteiger partial charge in [0, 0.05) is 22.9 Å². The van der Waals surface area contributed by atoms with Gasteiger partial charge in [-0.05, 0) is 32.4 Å². The van der Waals surface area contributed by atoms with E-state index < -0.39 is 15.6 Å². The summed E-state index contributed by atoms with van der Waals surface area (Å²) < 4.78 is 28.0. The van der Waals surface area contributed by atoms with Crippen molar-refractivity contribution in [2.75, 3.05) is 0 Å². The molecule has 0 aliphatic heterocycles. The molecule has 160 valence electrons. The van der Waals surface area contributed by atoms with E-state index in [1.807, 2.05) is 5.38 Å². The normalized spacial score (nSPS) is 12.6. The first-order chi connectivity index (χ1) is 13.3. The number of rotatable bonds is 6. The zero-order chi connectivity index (χ0) is 21.9. The fraction of sp³-hybridized carbons (Fsp3) is 0.500. The number of hydrogen-bond acceptors (Lipinski definition) is 5. The maximum absolute atomic E-state index is 12.7. The summed E-state index contributed by atoms with van der Waals surface area (Å²) >= 11 is 1.57. The summed E-state index contributed by atoms with van der Waals surface area (Å²) in [6.45, 7) is 12.0. The molecule has 1 aromatic carbocycles. The van der Waals surface area contributed by atoms with E-state index >= 15 is 0 Å². The summed E-state index contributed by atoms with van der Waals surface area (Å²) in [6.07, 6.45) is 0. The second-order valence-electron chi connectivity index (χ2n) is 8.89. The Morgan fingerprint density at radius 2 is 1.66 bits per heavy atom. The van der Waals surface area contributed by atoms with Crippen molar-refractivity contribution in [3.8, 4) is 0 Å². The van der Waals surface area contributed by atoms with Crippen molar-refractivity contribution < 1.29 is 13.2 Å². The summed E-state index contributed by atoms with van der Waals surface area (Å²) in [6, 6.07) is 6.25. The van der Waals surface area contributed by atoms with Crippen LogP contribution in [0.25, 0.3) is 0 Å². The molecule has 0 aliphatic carbocycles. The van der Waals surface area contributed by atoms with Crippen molar-refractivity contribution in [1.29, 1.82) is 0 Å². The Labute approximate surface area is 177 Å². The smallest absolute Gasteiger partial charge is 0.315 e. The fourth-order valence-corrected chi connectivity index (χ4v) is 5.08. The molecule has 0 bridgehead atoms. The van der Waals surface area contributed by atoms with Gasteiger partial charge in [-0.15, -0.1) is 11.3 Å². The average molecular weight is 439 g/mol. The average Bonchev–Trinajstić information content (AvgIpc) is 3.05. The highest BCUT2D eigenvalue weighted by atomic mass is 32.2. The minimum absolute atomic E-state index is 0.0263. The SMILES string of the molecule is CC(C)(C)NS(=O)(=O)c1ccccc1CNC(=O)NCc1csc(C(C)(C)C)n1. The Balaban J connectivity index is 1.98. The molecule has 0 fully saturated rings. The number of urea groups is 1. The highest BCUT2D eigenvalue weighted by molar-refractivity contribution is 7.89. The van der Waals surface area contributed by atoms with Gasteiger partial charge in [0.2, 0.25) is 10.0 Å². The van der Waals surface area contributed by atoms with Crippen LogP contribution in [0.5, 0.6) is 0 Å². The quantitative estimate of drug-likeness (QED) is 0.642. The number of carbonyl (C=O) groups is 1. The maximum atomic E-state index is 12.7. The molecule has 0 atom stereocenters. The number of carbonyl (C=O) groups excluding carboxylic acids is 1.